The Labute approximate surface area is 159 Å². The van der Waals surface area contributed by atoms with Crippen molar-refractivity contribution in [2.45, 2.75) is 38.1 Å². The lowest BCUT2D eigenvalue weighted by atomic mass is 9.94. The first kappa shape index (κ1) is 16.7. The molecule has 6 heteroatoms. The largest absolute Gasteiger partial charge is 0.353 e. The third kappa shape index (κ3) is 3.30. The molecular formula is C21H26N6. The number of benzene rings is 1. The second-order valence-corrected chi connectivity index (χ2v) is 7.73. The highest BCUT2D eigenvalue weighted by atomic mass is 15.3. The number of rotatable bonds is 3. The zero-order valence-electron chi connectivity index (χ0n) is 15.6. The zero-order valence-corrected chi connectivity index (χ0v) is 15.6. The van der Waals surface area contributed by atoms with Crippen molar-refractivity contribution in [2.75, 3.05) is 31.1 Å². The molecule has 6 nitrogen and oxygen atoms in total. The number of anilines is 1. The molecule has 3 heterocycles. The van der Waals surface area contributed by atoms with Crippen molar-refractivity contribution in [3.8, 4) is 11.1 Å². The van der Waals surface area contributed by atoms with Gasteiger partial charge in [-0.1, -0.05) is 25.3 Å². The maximum Gasteiger partial charge on any atom is 0.139 e. The summed E-state index contributed by atoms with van der Waals surface area (Å²) in [6.07, 6.45) is 12.5. The van der Waals surface area contributed by atoms with Gasteiger partial charge in [-0.05, 0) is 30.5 Å². The van der Waals surface area contributed by atoms with Crippen LogP contribution in [0.3, 0.4) is 0 Å². The Bertz CT molecular complexity index is 892. The number of fused-ring (bicyclic) bond motifs is 1. The summed E-state index contributed by atoms with van der Waals surface area (Å²) in [6.45, 7) is 4.35. The molecule has 1 aliphatic heterocycles. The molecular weight excluding hydrogens is 336 g/mol. The third-order valence-electron chi connectivity index (χ3n) is 6.15. The van der Waals surface area contributed by atoms with Crippen LogP contribution < -0.4 is 4.90 Å². The molecule has 0 bridgehead atoms. The minimum Gasteiger partial charge on any atom is -0.353 e. The Morgan fingerprint density at radius 2 is 1.78 bits per heavy atom. The summed E-state index contributed by atoms with van der Waals surface area (Å²) in [6, 6.07) is 7.19. The Morgan fingerprint density at radius 3 is 2.56 bits per heavy atom. The van der Waals surface area contributed by atoms with Gasteiger partial charge >= 0.3 is 0 Å². The van der Waals surface area contributed by atoms with E-state index in [0.29, 0.717) is 0 Å². The van der Waals surface area contributed by atoms with Gasteiger partial charge in [-0.3, -0.25) is 10.00 Å². The molecule has 0 atom stereocenters. The first-order valence-corrected chi connectivity index (χ1v) is 10.1. The molecule has 2 fully saturated rings. The van der Waals surface area contributed by atoms with E-state index in [1.165, 1.54) is 32.1 Å². The summed E-state index contributed by atoms with van der Waals surface area (Å²) in [5, 5.41) is 8.09. The van der Waals surface area contributed by atoms with Crippen LogP contribution in [0, 0.1) is 0 Å². The van der Waals surface area contributed by atoms with Crippen molar-refractivity contribution >= 4 is 16.7 Å². The average Bonchev–Trinajstić information content (AvgIpc) is 3.29. The molecule has 1 aliphatic carbocycles. The SMILES string of the molecule is c1nc(N2CCN(C3CCCCC3)CC2)c2cc(-c3cn[nH]c3)ccc2n1. The highest BCUT2D eigenvalue weighted by Gasteiger charge is 2.26. The lowest BCUT2D eigenvalue weighted by Gasteiger charge is -2.41. The maximum absolute atomic E-state index is 4.66. The monoisotopic (exact) mass is 362 g/mol. The van der Waals surface area contributed by atoms with Crippen LogP contribution in [0.1, 0.15) is 32.1 Å². The van der Waals surface area contributed by atoms with E-state index in [-0.39, 0.29) is 0 Å². The molecule has 27 heavy (non-hydrogen) atoms. The smallest absolute Gasteiger partial charge is 0.139 e. The Hall–Kier alpha value is -2.47. The van der Waals surface area contributed by atoms with Gasteiger partial charge in [-0.15, -0.1) is 0 Å². The summed E-state index contributed by atoms with van der Waals surface area (Å²) in [7, 11) is 0. The fraction of sp³-hybridized carbons (Fsp3) is 0.476. The standard InChI is InChI=1S/C21H26N6/c1-2-4-18(5-3-1)26-8-10-27(11-9-26)21-19-12-16(17-13-24-25-14-17)6-7-20(19)22-15-23-21/h6-7,12-15,18H,1-5,8-11H2,(H,24,25). The quantitative estimate of drug-likeness (QED) is 0.773. The zero-order chi connectivity index (χ0) is 18.1. The van der Waals surface area contributed by atoms with Gasteiger partial charge in [0.2, 0.25) is 0 Å². The van der Waals surface area contributed by atoms with Gasteiger partial charge in [0.05, 0.1) is 11.7 Å². The number of aromatic amines is 1. The molecule has 2 aromatic heterocycles. The minimum atomic E-state index is 0.802. The summed E-state index contributed by atoms with van der Waals surface area (Å²) in [5.41, 5.74) is 3.24. The van der Waals surface area contributed by atoms with Gasteiger partial charge in [0.25, 0.3) is 0 Å². The Balaban J connectivity index is 1.39. The number of hydrogen-bond donors (Lipinski definition) is 1. The lowest BCUT2D eigenvalue weighted by Crippen LogP contribution is -2.51. The molecule has 1 aromatic carbocycles. The highest BCUT2D eigenvalue weighted by Crippen LogP contribution is 2.30. The molecule has 2 aliphatic rings. The van der Waals surface area contributed by atoms with Gasteiger partial charge in [-0.2, -0.15) is 5.10 Å². The number of aromatic nitrogens is 4. The molecule has 5 rings (SSSR count). The van der Waals surface area contributed by atoms with Crippen LogP contribution in [0.2, 0.25) is 0 Å². The number of nitrogens with one attached hydrogen (secondary N) is 1. The Kier molecular flexibility index (Phi) is 4.49. The van der Waals surface area contributed by atoms with Crippen LogP contribution in [-0.4, -0.2) is 57.3 Å². The van der Waals surface area contributed by atoms with Crippen LogP contribution in [0.15, 0.2) is 36.9 Å². The van der Waals surface area contributed by atoms with Gasteiger partial charge in [0.1, 0.15) is 12.1 Å². The summed E-state index contributed by atoms with van der Waals surface area (Å²) < 4.78 is 0. The predicted octanol–water partition coefficient (Wildman–Crippen LogP) is 3.47. The number of hydrogen-bond acceptors (Lipinski definition) is 5. The van der Waals surface area contributed by atoms with Crippen molar-refractivity contribution in [3.05, 3.63) is 36.9 Å². The van der Waals surface area contributed by atoms with Crippen LogP contribution in [-0.2, 0) is 0 Å². The van der Waals surface area contributed by atoms with E-state index >= 15 is 0 Å². The van der Waals surface area contributed by atoms with E-state index in [1.54, 1.807) is 6.33 Å². The summed E-state index contributed by atoms with van der Waals surface area (Å²) in [5.74, 6) is 1.06. The highest BCUT2D eigenvalue weighted by molar-refractivity contribution is 5.92. The van der Waals surface area contributed by atoms with Crippen molar-refractivity contribution in [1.29, 1.82) is 0 Å². The second kappa shape index (κ2) is 7.27. The van der Waals surface area contributed by atoms with Crippen molar-refractivity contribution in [2.24, 2.45) is 0 Å². The molecule has 140 valence electrons. The minimum absolute atomic E-state index is 0.802. The number of nitrogens with zero attached hydrogens (tertiary/aromatic N) is 5. The lowest BCUT2D eigenvalue weighted by molar-refractivity contribution is 0.148. The fourth-order valence-corrected chi connectivity index (χ4v) is 4.63. The number of piperazine rings is 1. The van der Waals surface area contributed by atoms with E-state index in [1.807, 2.05) is 12.4 Å². The van der Waals surface area contributed by atoms with Gasteiger partial charge in [-0.25, -0.2) is 9.97 Å². The van der Waals surface area contributed by atoms with E-state index in [0.717, 1.165) is 60.1 Å². The molecule has 1 saturated carbocycles. The predicted molar refractivity (Wildman–Crippen MR) is 108 cm³/mol. The van der Waals surface area contributed by atoms with Crippen molar-refractivity contribution in [1.82, 2.24) is 25.1 Å². The normalized spacial score (nSPS) is 19.6. The molecule has 0 spiro atoms. The molecule has 1 saturated heterocycles. The first-order chi connectivity index (χ1) is 13.4. The fourth-order valence-electron chi connectivity index (χ4n) is 4.63. The molecule has 0 unspecified atom stereocenters. The van der Waals surface area contributed by atoms with Crippen molar-refractivity contribution in [3.63, 3.8) is 0 Å². The van der Waals surface area contributed by atoms with Gasteiger partial charge in [0, 0.05) is 49.4 Å². The second-order valence-electron chi connectivity index (χ2n) is 7.73. The summed E-state index contributed by atoms with van der Waals surface area (Å²) in [4.78, 5) is 14.3. The van der Waals surface area contributed by atoms with Crippen LogP contribution in [0.4, 0.5) is 5.82 Å². The Morgan fingerprint density at radius 1 is 0.926 bits per heavy atom. The summed E-state index contributed by atoms with van der Waals surface area (Å²) >= 11 is 0. The number of H-pyrrole nitrogens is 1. The van der Waals surface area contributed by atoms with Gasteiger partial charge in [0.15, 0.2) is 0 Å². The molecule has 0 amide bonds. The van der Waals surface area contributed by atoms with Crippen LogP contribution >= 0.6 is 0 Å². The van der Waals surface area contributed by atoms with Crippen LogP contribution in [0.25, 0.3) is 22.0 Å². The van der Waals surface area contributed by atoms with Gasteiger partial charge < -0.3 is 4.90 Å². The van der Waals surface area contributed by atoms with E-state index in [4.69, 9.17) is 0 Å². The van der Waals surface area contributed by atoms with E-state index in [9.17, 15) is 0 Å². The topological polar surface area (TPSA) is 60.9 Å². The third-order valence-corrected chi connectivity index (χ3v) is 6.15. The maximum atomic E-state index is 4.66. The first-order valence-electron chi connectivity index (χ1n) is 10.1. The van der Waals surface area contributed by atoms with E-state index in [2.05, 4.69) is 48.2 Å². The molecule has 3 aromatic rings. The molecule has 1 N–H and O–H groups in total. The van der Waals surface area contributed by atoms with Crippen molar-refractivity contribution < 1.29 is 0 Å². The van der Waals surface area contributed by atoms with Crippen LogP contribution in [0.5, 0.6) is 0 Å². The molecule has 0 radical (unpaired) electrons. The average molecular weight is 362 g/mol. The van der Waals surface area contributed by atoms with E-state index < -0.39 is 0 Å².